The number of oxazole rings is 1. The van der Waals surface area contributed by atoms with Gasteiger partial charge < -0.3 is 20.4 Å². The van der Waals surface area contributed by atoms with Crippen LogP contribution in [0.2, 0.25) is 0 Å². The molecule has 0 bridgehead atoms. The number of hydrogen-bond acceptors (Lipinski definition) is 7. The van der Waals surface area contributed by atoms with E-state index in [1.54, 1.807) is 7.05 Å². The highest BCUT2D eigenvalue weighted by Crippen LogP contribution is 2.26. The number of rotatable bonds is 7. The zero-order valence-corrected chi connectivity index (χ0v) is 16.6. The number of pyridine rings is 1. The number of anilines is 3. The summed E-state index contributed by atoms with van der Waals surface area (Å²) in [5, 5.41) is 11.4. The molecule has 1 unspecified atom stereocenters. The summed E-state index contributed by atoms with van der Waals surface area (Å²) in [6, 6.07) is 2.39. The third kappa shape index (κ3) is 4.33. The van der Waals surface area contributed by atoms with Gasteiger partial charge in [0.05, 0.1) is 6.20 Å². The number of urea groups is 1. The van der Waals surface area contributed by atoms with Crippen molar-refractivity contribution in [3.05, 3.63) is 36.5 Å². The summed E-state index contributed by atoms with van der Waals surface area (Å²) in [5.41, 5.74) is 0.511. The molecule has 0 radical (unpaired) electrons. The number of nitrogens with one attached hydrogen (secondary N) is 3. The number of alkyl halides is 3. The molecule has 14 heteroatoms. The molecule has 0 aromatic carbocycles. The normalized spacial score (nSPS) is 14.5. The minimum absolute atomic E-state index is 0.00149. The number of hydrogen-bond donors (Lipinski definition) is 3. The average molecular weight is 450 g/mol. The Morgan fingerprint density at radius 2 is 2.16 bits per heavy atom. The fraction of sp³-hybridized carbons (Fsp3) is 0.278. The van der Waals surface area contributed by atoms with E-state index in [4.69, 9.17) is 4.42 Å². The van der Waals surface area contributed by atoms with Gasteiger partial charge in [-0.15, -0.1) is 0 Å². The van der Waals surface area contributed by atoms with Crippen LogP contribution in [0.15, 0.2) is 35.2 Å². The maximum Gasteiger partial charge on any atom is 0.323 e. The second-order valence-corrected chi connectivity index (χ2v) is 6.73. The zero-order chi connectivity index (χ0) is 22.8. The van der Waals surface area contributed by atoms with Gasteiger partial charge in [0.25, 0.3) is 12.3 Å². The molecular formula is C18H17F3N8O3. The first-order valence-electron chi connectivity index (χ1n) is 9.33. The number of aromatic nitrogens is 4. The van der Waals surface area contributed by atoms with Crippen LogP contribution in [0.25, 0.3) is 11.5 Å². The third-order valence-electron chi connectivity index (χ3n) is 4.42. The van der Waals surface area contributed by atoms with Gasteiger partial charge in [0.15, 0.2) is 11.5 Å². The monoisotopic (exact) mass is 450 g/mol. The van der Waals surface area contributed by atoms with Gasteiger partial charge in [-0.25, -0.2) is 27.9 Å². The molecule has 168 valence electrons. The van der Waals surface area contributed by atoms with Gasteiger partial charge in [0.2, 0.25) is 12.2 Å². The number of aryl methyl sites for hydroxylation is 1. The first-order chi connectivity index (χ1) is 15.3. The second kappa shape index (κ2) is 8.56. The van der Waals surface area contributed by atoms with Gasteiger partial charge >= 0.3 is 6.03 Å². The van der Waals surface area contributed by atoms with Crippen LogP contribution in [0.1, 0.15) is 10.5 Å². The van der Waals surface area contributed by atoms with E-state index < -0.39 is 18.6 Å². The summed E-state index contributed by atoms with van der Waals surface area (Å²) in [5.74, 6) is -0.492. The van der Waals surface area contributed by atoms with Crippen LogP contribution in [0.5, 0.6) is 0 Å². The molecule has 1 atom stereocenters. The first kappa shape index (κ1) is 21.1. The van der Waals surface area contributed by atoms with Gasteiger partial charge in [0.1, 0.15) is 17.8 Å². The summed E-state index contributed by atoms with van der Waals surface area (Å²) in [7, 11) is 1.65. The summed E-state index contributed by atoms with van der Waals surface area (Å²) < 4.78 is 44.7. The van der Waals surface area contributed by atoms with Gasteiger partial charge in [0, 0.05) is 31.9 Å². The smallest absolute Gasteiger partial charge is 0.323 e. The highest BCUT2D eigenvalue weighted by molar-refractivity contribution is 6.06. The number of halogens is 3. The van der Waals surface area contributed by atoms with Crippen molar-refractivity contribution in [2.75, 3.05) is 28.6 Å². The summed E-state index contributed by atoms with van der Waals surface area (Å²) >= 11 is 0. The Morgan fingerprint density at radius 3 is 2.88 bits per heavy atom. The largest absolute Gasteiger partial charge is 0.444 e. The van der Waals surface area contributed by atoms with E-state index in [2.05, 4.69) is 25.7 Å². The molecular weight excluding hydrogens is 433 g/mol. The number of amides is 3. The lowest BCUT2D eigenvalue weighted by Gasteiger charge is -2.12. The minimum atomic E-state index is -3.22. The maximum absolute atomic E-state index is 13.2. The fourth-order valence-corrected chi connectivity index (χ4v) is 2.98. The Bertz CT molecular complexity index is 1150. The maximum atomic E-state index is 13.2. The standard InChI is InChI=1S/C18H17F3N8O3/c1-28-7-10(15(27-28)29-5-4-23-18(29)31)24-16(30)11-8-32-17(25-11)9-2-3-22-12(6-9)26-14(21)13(19)20/h2-3,6-8,13-14H,4-5H2,1H3,(H,22,26)(H,23,31)(H,24,30). The SMILES string of the molecule is Cn1cc(NC(=O)c2coc(-c3ccnc(NC(F)C(F)F)c3)n2)c(N2CCNC2=O)n1. The molecule has 3 N–H and O–H groups in total. The van der Waals surface area contributed by atoms with Gasteiger partial charge in [-0.05, 0) is 12.1 Å². The molecule has 1 aliphatic rings. The van der Waals surface area contributed by atoms with Crippen LogP contribution in [-0.4, -0.2) is 57.5 Å². The average Bonchev–Trinajstić information content (AvgIpc) is 3.48. The lowest BCUT2D eigenvalue weighted by molar-refractivity contribution is 0.0648. The molecule has 1 saturated heterocycles. The number of carbonyl (C=O) groups is 2. The molecule has 11 nitrogen and oxygen atoms in total. The molecule has 1 aliphatic heterocycles. The van der Waals surface area contributed by atoms with Crippen molar-refractivity contribution in [2.24, 2.45) is 7.05 Å². The van der Waals surface area contributed by atoms with Crippen molar-refractivity contribution in [1.82, 2.24) is 25.1 Å². The summed E-state index contributed by atoms with van der Waals surface area (Å²) in [6.07, 6.45) is -1.91. The molecule has 3 aromatic rings. The highest BCUT2D eigenvalue weighted by atomic mass is 19.3. The van der Waals surface area contributed by atoms with Crippen LogP contribution >= 0.6 is 0 Å². The quantitative estimate of drug-likeness (QED) is 0.471. The summed E-state index contributed by atoms with van der Waals surface area (Å²) in [6.45, 7) is 0.856. The van der Waals surface area contributed by atoms with E-state index in [0.717, 1.165) is 6.26 Å². The van der Waals surface area contributed by atoms with E-state index in [9.17, 15) is 22.8 Å². The van der Waals surface area contributed by atoms with Crippen LogP contribution in [0, 0.1) is 0 Å². The van der Waals surface area contributed by atoms with Crippen LogP contribution < -0.4 is 20.9 Å². The minimum Gasteiger partial charge on any atom is -0.444 e. The molecule has 4 rings (SSSR count). The topological polar surface area (TPSA) is 130 Å². The Kier molecular flexibility index (Phi) is 5.66. The number of nitrogens with zero attached hydrogens (tertiary/aromatic N) is 5. The van der Waals surface area contributed by atoms with E-state index in [1.165, 1.54) is 34.1 Å². The molecule has 3 aromatic heterocycles. The Balaban J connectivity index is 1.50. The van der Waals surface area contributed by atoms with E-state index in [0.29, 0.717) is 24.3 Å². The molecule has 0 aliphatic carbocycles. The van der Waals surface area contributed by atoms with Crippen molar-refractivity contribution in [3.63, 3.8) is 0 Å². The van der Waals surface area contributed by atoms with Gasteiger partial charge in [-0.1, -0.05) is 0 Å². The Hall–Kier alpha value is -4.10. The fourth-order valence-electron chi connectivity index (χ4n) is 2.98. The van der Waals surface area contributed by atoms with Crippen molar-refractivity contribution in [3.8, 4) is 11.5 Å². The third-order valence-corrected chi connectivity index (χ3v) is 4.42. The van der Waals surface area contributed by atoms with Gasteiger partial charge in [-0.3, -0.25) is 14.4 Å². The molecule has 4 heterocycles. The molecule has 3 amide bonds. The van der Waals surface area contributed by atoms with E-state index >= 15 is 0 Å². The zero-order valence-electron chi connectivity index (χ0n) is 16.6. The van der Waals surface area contributed by atoms with Crippen LogP contribution in [-0.2, 0) is 7.05 Å². The van der Waals surface area contributed by atoms with Crippen LogP contribution in [0.4, 0.5) is 35.3 Å². The molecule has 0 spiro atoms. The Labute approximate surface area is 178 Å². The van der Waals surface area contributed by atoms with E-state index in [-0.39, 0.29) is 29.3 Å². The summed E-state index contributed by atoms with van der Waals surface area (Å²) in [4.78, 5) is 33.8. The second-order valence-electron chi connectivity index (χ2n) is 6.73. The Morgan fingerprint density at radius 1 is 1.34 bits per heavy atom. The predicted molar refractivity (Wildman–Crippen MR) is 106 cm³/mol. The van der Waals surface area contributed by atoms with E-state index in [1.807, 2.05) is 5.32 Å². The highest BCUT2D eigenvalue weighted by Gasteiger charge is 2.27. The predicted octanol–water partition coefficient (Wildman–Crippen LogP) is 2.22. The van der Waals surface area contributed by atoms with Crippen molar-refractivity contribution >= 4 is 29.3 Å². The van der Waals surface area contributed by atoms with Crippen molar-refractivity contribution in [2.45, 2.75) is 12.7 Å². The molecule has 32 heavy (non-hydrogen) atoms. The molecule has 1 fully saturated rings. The van der Waals surface area contributed by atoms with Crippen molar-refractivity contribution in [1.29, 1.82) is 0 Å². The van der Waals surface area contributed by atoms with Crippen LogP contribution in [0.3, 0.4) is 0 Å². The van der Waals surface area contributed by atoms with Gasteiger partial charge in [-0.2, -0.15) is 5.10 Å². The number of carbonyl (C=O) groups excluding carboxylic acids is 2. The van der Waals surface area contributed by atoms with Crippen molar-refractivity contribution < 1.29 is 27.2 Å². The molecule has 0 saturated carbocycles. The lowest BCUT2D eigenvalue weighted by atomic mass is 10.2. The first-order valence-corrected chi connectivity index (χ1v) is 9.33. The lowest BCUT2D eigenvalue weighted by Crippen LogP contribution is -2.29.